The molecule has 0 radical (unpaired) electrons. The first-order valence-corrected chi connectivity index (χ1v) is 11.6. The van der Waals surface area contributed by atoms with Crippen LogP contribution in [-0.2, 0) is 19.7 Å². The number of carbonyl (C=O) groups excluding carboxylic acids is 2. The zero-order valence-electron chi connectivity index (χ0n) is 19.7. The van der Waals surface area contributed by atoms with E-state index in [4.69, 9.17) is 9.47 Å². The lowest BCUT2D eigenvalue weighted by Crippen LogP contribution is -2.22. The summed E-state index contributed by atoms with van der Waals surface area (Å²) in [5.74, 6) is 0.157. The van der Waals surface area contributed by atoms with Crippen molar-refractivity contribution < 1.29 is 19.1 Å². The molecule has 0 N–H and O–H groups in total. The summed E-state index contributed by atoms with van der Waals surface area (Å²) in [5.41, 5.74) is 3.23. The molecule has 174 valence electrons. The molecule has 0 aliphatic carbocycles. The number of methoxy groups -OCH3 is 1. The molecule has 1 aromatic heterocycles. The Morgan fingerprint density at radius 1 is 1.15 bits per heavy atom. The lowest BCUT2D eigenvalue weighted by molar-refractivity contribution is -0.130. The van der Waals surface area contributed by atoms with E-state index in [1.807, 2.05) is 24.3 Å². The summed E-state index contributed by atoms with van der Waals surface area (Å²) in [6, 6.07) is 15.0. The SMILES string of the molecule is COc1cccc(N(C(C)=O)c2nc(/C=C3\N=C(c4ccc(C(C)(C)C)cc4)OC3=O)cs2)c1. The van der Waals surface area contributed by atoms with Crippen molar-refractivity contribution in [3.8, 4) is 5.75 Å². The maximum absolute atomic E-state index is 12.4. The van der Waals surface area contributed by atoms with Crippen molar-refractivity contribution in [2.75, 3.05) is 12.0 Å². The highest BCUT2D eigenvalue weighted by Gasteiger charge is 2.25. The number of amides is 1. The quantitative estimate of drug-likeness (QED) is 0.361. The van der Waals surface area contributed by atoms with Crippen LogP contribution in [0.3, 0.4) is 0 Å². The molecule has 7 nitrogen and oxygen atoms in total. The highest BCUT2D eigenvalue weighted by molar-refractivity contribution is 7.14. The second kappa shape index (κ2) is 9.23. The third kappa shape index (κ3) is 4.92. The van der Waals surface area contributed by atoms with E-state index < -0.39 is 5.97 Å². The summed E-state index contributed by atoms with van der Waals surface area (Å²) in [5, 5.41) is 2.23. The van der Waals surface area contributed by atoms with E-state index in [-0.39, 0.29) is 22.9 Å². The highest BCUT2D eigenvalue weighted by atomic mass is 32.1. The topological polar surface area (TPSA) is 81.1 Å². The van der Waals surface area contributed by atoms with Crippen molar-refractivity contribution in [2.45, 2.75) is 33.1 Å². The molecule has 1 amide bonds. The van der Waals surface area contributed by atoms with Gasteiger partial charge in [0.15, 0.2) is 10.8 Å². The number of ether oxygens (including phenoxy) is 2. The molecule has 2 aromatic carbocycles. The molecule has 34 heavy (non-hydrogen) atoms. The Morgan fingerprint density at radius 3 is 2.53 bits per heavy atom. The van der Waals surface area contributed by atoms with Crippen molar-refractivity contribution >= 4 is 46.0 Å². The number of benzene rings is 2. The maximum Gasteiger partial charge on any atom is 0.363 e. The van der Waals surface area contributed by atoms with Crippen LogP contribution in [0.1, 0.15) is 44.5 Å². The minimum atomic E-state index is -0.541. The van der Waals surface area contributed by atoms with Gasteiger partial charge in [0, 0.05) is 23.9 Å². The molecule has 1 aliphatic rings. The molecule has 2 heterocycles. The number of esters is 1. The second-order valence-corrected chi connectivity index (χ2v) is 9.61. The first-order valence-electron chi connectivity index (χ1n) is 10.7. The van der Waals surface area contributed by atoms with Gasteiger partial charge in [-0.2, -0.15) is 0 Å². The Balaban J connectivity index is 1.60. The van der Waals surface area contributed by atoms with Crippen molar-refractivity contribution in [2.24, 2.45) is 4.99 Å². The molecule has 0 saturated carbocycles. The first kappa shape index (κ1) is 23.4. The largest absolute Gasteiger partial charge is 0.497 e. The molecule has 8 heteroatoms. The van der Waals surface area contributed by atoms with E-state index in [2.05, 4.69) is 30.7 Å². The van der Waals surface area contributed by atoms with Gasteiger partial charge in [-0.1, -0.05) is 39.0 Å². The smallest absolute Gasteiger partial charge is 0.363 e. The molecule has 0 spiro atoms. The van der Waals surface area contributed by atoms with Gasteiger partial charge in [0.05, 0.1) is 18.5 Å². The van der Waals surface area contributed by atoms with E-state index in [0.717, 1.165) is 5.56 Å². The minimum absolute atomic E-state index is 0.0265. The van der Waals surface area contributed by atoms with Crippen LogP contribution in [0.5, 0.6) is 5.75 Å². The number of hydrogen-bond donors (Lipinski definition) is 0. The molecule has 4 rings (SSSR count). The first-order chi connectivity index (χ1) is 16.2. The zero-order valence-corrected chi connectivity index (χ0v) is 20.5. The Kier molecular flexibility index (Phi) is 6.34. The minimum Gasteiger partial charge on any atom is -0.497 e. The lowest BCUT2D eigenvalue weighted by Gasteiger charge is -2.18. The fraction of sp³-hybridized carbons (Fsp3) is 0.231. The Labute approximate surface area is 202 Å². The van der Waals surface area contributed by atoms with Crippen LogP contribution >= 0.6 is 11.3 Å². The van der Waals surface area contributed by atoms with E-state index >= 15 is 0 Å². The van der Waals surface area contributed by atoms with Crippen molar-refractivity contribution in [3.63, 3.8) is 0 Å². The monoisotopic (exact) mass is 475 g/mol. The fourth-order valence-electron chi connectivity index (χ4n) is 3.41. The number of cyclic esters (lactones) is 1. The van der Waals surface area contributed by atoms with Gasteiger partial charge in [-0.05, 0) is 41.3 Å². The second-order valence-electron chi connectivity index (χ2n) is 8.77. The molecule has 0 bridgehead atoms. The third-order valence-corrected chi connectivity index (χ3v) is 6.07. The average Bonchev–Trinajstić information content (AvgIpc) is 3.40. The third-order valence-electron chi connectivity index (χ3n) is 5.23. The van der Waals surface area contributed by atoms with Crippen molar-refractivity contribution in [1.29, 1.82) is 0 Å². The van der Waals surface area contributed by atoms with Crippen LogP contribution in [-0.4, -0.2) is 29.9 Å². The highest BCUT2D eigenvalue weighted by Crippen LogP contribution is 2.32. The zero-order chi connectivity index (χ0) is 24.5. The lowest BCUT2D eigenvalue weighted by atomic mass is 9.87. The number of nitrogens with zero attached hydrogens (tertiary/aromatic N) is 3. The van der Waals surface area contributed by atoms with Gasteiger partial charge in [-0.25, -0.2) is 14.8 Å². The molecular weight excluding hydrogens is 450 g/mol. The summed E-state index contributed by atoms with van der Waals surface area (Å²) in [4.78, 5) is 35.2. The number of anilines is 2. The summed E-state index contributed by atoms with van der Waals surface area (Å²) >= 11 is 1.29. The molecule has 1 aliphatic heterocycles. The number of aromatic nitrogens is 1. The molecule has 0 unspecified atom stereocenters. The van der Waals surface area contributed by atoms with E-state index in [9.17, 15) is 9.59 Å². The van der Waals surface area contributed by atoms with E-state index in [1.54, 1.807) is 42.8 Å². The van der Waals surface area contributed by atoms with Gasteiger partial charge in [0.1, 0.15) is 5.75 Å². The van der Waals surface area contributed by atoms with Gasteiger partial charge >= 0.3 is 5.97 Å². The van der Waals surface area contributed by atoms with Crippen LogP contribution in [0.2, 0.25) is 0 Å². The van der Waals surface area contributed by atoms with Gasteiger partial charge in [0.25, 0.3) is 0 Å². The van der Waals surface area contributed by atoms with Crippen molar-refractivity contribution in [1.82, 2.24) is 4.98 Å². The van der Waals surface area contributed by atoms with Crippen LogP contribution in [0.15, 0.2) is 64.6 Å². The predicted molar refractivity (Wildman–Crippen MR) is 134 cm³/mol. The Morgan fingerprint density at radius 2 is 1.88 bits per heavy atom. The van der Waals surface area contributed by atoms with Crippen LogP contribution in [0.4, 0.5) is 10.8 Å². The normalized spacial score (nSPS) is 14.7. The molecule has 0 saturated heterocycles. The number of rotatable bonds is 5. The van der Waals surface area contributed by atoms with Gasteiger partial charge in [-0.15, -0.1) is 11.3 Å². The maximum atomic E-state index is 12.4. The number of aliphatic imine (C=N–C) groups is 1. The average molecular weight is 476 g/mol. The van der Waals surface area contributed by atoms with Crippen LogP contribution < -0.4 is 9.64 Å². The fourth-order valence-corrected chi connectivity index (χ4v) is 4.25. The van der Waals surface area contributed by atoms with Gasteiger partial charge in [-0.3, -0.25) is 9.69 Å². The molecule has 0 fully saturated rings. The Bertz CT molecular complexity index is 1300. The molecular formula is C26H25N3O4S. The standard InChI is InChI=1S/C26H25N3O4S/c1-16(30)29(20-7-6-8-21(14-20)32-5)25-27-19(15-34-25)13-22-24(31)33-23(28-22)17-9-11-18(12-10-17)26(2,3)4/h6-15H,1-5H3/b22-13-. The van der Waals surface area contributed by atoms with E-state index in [0.29, 0.717) is 22.3 Å². The van der Waals surface area contributed by atoms with Crippen molar-refractivity contribution in [3.05, 3.63) is 76.4 Å². The summed E-state index contributed by atoms with van der Waals surface area (Å²) < 4.78 is 10.7. The number of hydrogen-bond acceptors (Lipinski definition) is 7. The molecule has 0 atom stereocenters. The van der Waals surface area contributed by atoms with Gasteiger partial charge in [0.2, 0.25) is 11.8 Å². The summed E-state index contributed by atoms with van der Waals surface area (Å²) in [7, 11) is 1.57. The molecule has 3 aromatic rings. The summed E-state index contributed by atoms with van der Waals surface area (Å²) in [6.07, 6.45) is 1.56. The predicted octanol–water partition coefficient (Wildman–Crippen LogP) is 5.48. The van der Waals surface area contributed by atoms with Crippen LogP contribution in [0, 0.1) is 0 Å². The Hall–Kier alpha value is -3.78. The van der Waals surface area contributed by atoms with E-state index in [1.165, 1.54) is 28.7 Å². The summed E-state index contributed by atoms with van der Waals surface area (Å²) in [6.45, 7) is 7.88. The van der Waals surface area contributed by atoms with Crippen LogP contribution in [0.25, 0.3) is 6.08 Å². The number of carbonyl (C=O) groups is 2. The number of thiazole rings is 1. The van der Waals surface area contributed by atoms with Gasteiger partial charge < -0.3 is 9.47 Å².